The molecule has 0 aromatic heterocycles. The van der Waals surface area contributed by atoms with Crippen LogP contribution in [0.25, 0.3) is 0 Å². The molecule has 2 aliphatic heterocycles. The lowest BCUT2D eigenvalue weighted by Gasteiger charge is -2.38. The topological polar surface area (TPSA) is 50.8 Å². The third kappa shape index (κ3) is 5.67. The molecule has 3 fully saturated rings. The molecule has 150 valence electrons. The molecular formula is C21H38N2O3. The highest BCUT2D eigenvalue weighted by Gasteiger charge is 2.33. The zero-order chi connectivity index (χ0) is 18.2. The van der Waals surface area contributed by atoms with Crippen LogP contribution in [0.1, 0.15) is 58.3 Å². The number of unbranched alkanes of at least 4 members (excludes halogenated alkanes) is 1. The van der Waals surface area contributed by atoms with Crippen molar-refractivity contribution in [3.8, 4) is 0 Å². The van der Waals surface area contributed by atoms with Gasteiger partial charge in [0.05, 0.1) is 19.8 Å². The second kappa shape index (κ2) is 10.6. The fourth-order valence-corrected chi connectivity index (χ4v) is 4.91. The molecular weight excluding hydrogens is 328 g/mol. The van der Waals surface area contributed by atoms with E-state index in [-0.39, 0.29) is 11.8 Å². The summed E-state index contributed by atoms with van der Waals surface area (Å²) < 4.78 is 11.1. The molecule has 3 rings (SSSR count). The summed E-state index contributed by atoms with van der Waals surface area (Å²) in [5.41, 5.74) is 0. The molecule has 1 amide bonds. The van der Waals surface area contributed by atoms with Crippen LogP contribution in [0.2, 0.25) is 0 Å². The van der Waals surface area contributed by atoms with Crippen molar-refractivity contribution in [1.29, 1.82) is 0 Å². The molecule has 0 aromatic carbocycles. The fraction of sp³-hybridized carbons (Fsp3) is 0.952. The van der Waals surface area contributed by atoms with Crippen LogP contribution in [0.4, 0.5) is 0 Å². The van der Waals surface area contributed by atoms with Crippen LogP contribution in [-0.2, 0) is 14.3 Å². The summed E-state index contributed by atoms with van der Waals surface area (Å²) in [4.78, 5) is 15.2. The van der Waals surface area contributed by atoms with Gasteiger partial charge in [-0.25, -0.2) is 0 Å². The Balaban J connectivity index is 1.45. The molecule has 1 saturated carbocycles. The molecule has 0 radical (unpaired) electrons. The van der Waals surface area contributed by atoms with Gasteiger partial charge in [-0.1, -0.05) is 26.2 Å². The maximum absolute atomic E-state index is 12.7. The van der Waals surface area contributed by atoms with Crippen LogP contribution in [0.15, 0.2) is 0 Å². The Bertz CT molecular complexity index is 411. The zero-order valence-corrected chi connectivity index (χ0v) is 16.6. The normalized spacial score (nSPS) is 31.7. The van der Waals surface area contributed by atoms with Crippen molar-refractivity contribution in [2.75, 3.05) is 46.1 Å². The van der Waals surface area contributed by atoms with Gasteiger partial charge in [0.25, 0.3) is 0 Å². The van der Waals surface area contributed by atoms with Gasteiger partial charge in [-0.3, -0.25) is 9.69 Å². The molecule has 26 heavy (non-hydrogen) atoms. The maximum atomic E-state index is 12.7. The number of amides is 1. The summed E-state index contributed by atoms with van der Waals surface area (Å²) in [7, 11) is 0. The van der Waals surface area contributed by atoms with Gasteiger partial charge in [0.15, 0.2) is 0 Å². The predicted molar refractivity (Wildman–Crippen MR) is 103 cm³/mol. The van der Waals surface area contributed by atoms with E-state index in [0.29, 0.717) is 12.0 Å². The number of nitrogens with zero attached hydrogens (tertiary/aromatic N) is 1. The van der Waals surface area contributed by atoms with Crippen molar-refractivity contribution in [2.45, 2.75) is 64.3 Å². The standard InChI is InChI=1S/C21H38N2O3/c1-2-3-4-17-5-7-18(8-6-17)21(24)22-15-20(19-9-12-26-16-19)23-10-13-25-14-11-23/h17-20H,2-16H2,1H3,(H,22,24). The van der Waals surface area contributed by atoms with Gasteiger partial charge in [0.2, 0.25) is 5.91 Å². The van der Waals surface area contributed by atoms with E-state index in [9.17, 15) is 4.79 Å². The molecule has 1 N–H and O–H groups in total. The molecule has 2 atom stereocenters. The van der Waals surface area contributed by atoms with Crippen LogP contribution in [0, 0.1) is 17.8 Å². The summed E-state index contributed by atoms with van der Waals surface area (Å²) in [6, 6.07) is 0.395. The number of rotatable bonds is 8. The van der Waals surface area contributed by atoms with E-state index in [2.05, 4.69) is 17.1 Å². The van der Waals surface area contributed by atoms with E-state index in [1.807, 2.05) is 0 Å². The van der Waals surface area contributed by atoms with Crippen molar-refractivity contribution in [3.05, 3.63) is 0 Å². The van der Waals surface area contributed by atoms with Gasteiger partial charge in [0.1, 0.15) is 0 Å². The summed E-state index contributed by atoms with van der Waals surface area (Å²) in [6.07, 6.45) is 9.72. The van der Waals surface area contributed by atoms with Crippen molar-refractivity contribution in [1.82, 2.24) is 10.2 Å². The number of nitrogens with one attached hydrogen (secondary N) is 1. The quantitative estimate of drug-likeness (QED) is 0.718. The molecule has 0 spiro atoms. The highest BCUT2D eigenvalue weighted by Crippen LogP contribution is 2.32. The summed E-state index contributed by atoms with van der Waals surface area (Å²) in [6.45, 7) is 8.28. The number of ether oxygens (including phenoxy) is 2. The Morgan fingerprint density at radius 1 is 1.08 bits per heavy atom. The molecule has 5 nitrogen and oxygen atoms in total. The average molecular weight is 367 g/mol. The SMILES string of the molecule is CCCCC1CCC(C(=O)NCC(C2CCOC2)N2CCOCC2)CC1. The lowest BCUT2D eigenvalue weighted by Crippen LogP contribution is -2.53. The Morgan fingerprint density at radius 3 is 2.50 bits per heavy atom. The van der Waals surface area contributed by atoms with E-state index in [1.54, 1.807) is 0 Å². The molecule has 2 saturated heterocycles. The van der Waals surface area contributed by atoms with Gasteiger partial charge in [-0.05, 0) is 38.0 Å². The number of hydrogen-bond acceptors (Lipinski definition) is 4. The van der Waals surface area contributed by atoms with Crippen molar-refractivity contribution >= 4 is 5.91 Å². The maximum Gasteiger partial charge on any atom is 0.223 e. The molecule has 1 aliphatic carbocycles. The molecule has 0 bridgehead atoms. The molecule has 0 aromatic rings. The first-order chi connectivity index (χ1) is 12.8. The molecule has 3 aliphatic rings. The van der Waals surface area contributed by atoms with Crippen LogP contribution >= 0.6 is 0 Å². The lowest BCUT2D eigenvalue weighted by molar-refractivity contribution is -0.126. The Morgan fingerprint density at radius 2 is 1.85 bits per heavy atom. The molecule has 2 heterocycles. The minimum Gasteiger partial charge on any atom is -0.381 e. The van der Waals surface area contributed by atoms with Crippen molar-refractivity contribution in [2.24, 2.45) is 17.8 Å². The van der Waals surface area contributed by atoms with Crippen LogP contribution in [-0.4, -0.2) is 62.9 Å². The average Bonchev–Trinajstić information content (AvgIpc) is 3.22. The van der Waals surface area contributed by atoms with Gasteiger partial charge in [0, 0.05) is 44.1 Å². The third-order valence-electron chi connectivity index (χ3n) is 6.69. The highest BCUT2D eigenvalue weighted by molar-refractivity contribution is 5.78. The minimum atomic E-state index is 0.234. The number of carbonyl (C=O) groups excluding carboxylic acids is 1. The van der Waals surface area contributed by atoms with Gasteiger partial charge in [-0.2, -0.15) is 0 Å². The van der Waals surface area contributed by atoms with Crippen LogP contribution in [0.3, 0.4) is 0 Å². The summed E-state index contributed by atoms with van der Waals surface area (Å²) in [5.74, 6) is 1.92. The second-order valence-electron chi connectivity index (χ2n) is 8.44. The third-order valence-corrected chi connectivity index (χ3v) is 6.69. The zero-order valence-electron chi connectivity index (χ0n) is 16.6. The first-order valence-electron chi connectivity index (χ1n) is 10.9. The Kier molecular flexibility index (Phi) is 8.21. The number of hydrogen-bond donors (Lipinski definition) is 1. The van der Waals surface area contributed by atoms with E-state index in [4.69, 9.17) is 9.47 Å². The summed E-state index contributed by atoms with van der Waals surface area (Å²) >= 11 is 0. The first-order valence-corrected chi connectivity index (χ1v) is 10.9. The van der Waals surface area contributed by atoms with E-state index >= 15 is 0 Å². The van der Waals surface area contributed by atoms with Crippen LogP contribution < -0.4 is 5.32 Å². The highest BCUT2D eigenvalue weighted by atomic mass is 16.5. The first kappa shape index (κ1) is 20.1. The monoisotopic (exact) mass is 366 g/mol. The van der Waals surface area contributed by atoms with Crippen molar-refractivity contribution in [3.63, 3.8) is 0 Å². The Hall–Kier alpha value is -0.650. The lowest BCUT2D eigenvalue weighted by atomic mass is 9.79. The fourth-order valence-electron chi connectivity index (χ4n) is 4.91. The second-order valence-corrected chi connectivity index (χ2v) is 8.44. The van der Waals surface area contributed by atoms with Crippen molar-refractivity contribution < 1.29 is 14.3 Å². The minimum absolute atomic E-state index is 0.234. The summed E-state index contributed by atoms with van der Waals surface area (Å²) in [5, 5.41) is 3.31. The van der Waals surface area contributed by atoms with Crippen LogP contribution in [0.5, 0.6) is 0 Å². The van der Waals surface area contributed by atoms with E-state index < -0.39 is 0 Å². The largest absolute Gasteiger partial charge is 0.381 e. The molecule has 2 unspecified atom stereocenters. The number of carbonyl (C=O) groups is 1. The number of morpholine rings is 1. The van der Waals surface area contributed by atoms with Gasteiger partial charge < -0.3 is 14.8 Å². The molecule has 5 heteroatoms. The van der Waals surface area contributed by atoms with Gasteiger partial charge in [-0.15, -0.1) is 0 Å². The predicted octanol–water partition coefficient (Wildman–Crippen LogP) is 2.84. The van der Waals surface area contributed by atoms with E-state index in [0.717, 1.165) is 71.2 Å². The van der Waals surface area contributed by atoms with Gasteiger partial charge >= 0.3 is 0 Å². The Labute approximate surface area is 159 Å². The van der Waals surface area contributed by atoms with E-state index in [1.165, 1.54) is 32.1 Å². The smallest absolute Gasteiger partial charge is 0.223 e.